The van der Waals surface area contributed by atoms with Crippen LogP contribution < -0.4 is 5.32 Å². The van der Waals surface area contributed by atoms with Crippen molar-refractivity contribution in [3.63, 3.8) is 0 Å². The largest absolute Gasteiger partial charge is 0.457 e. The second kappa shape index (κ2) is 9.95. The topological polar surface area (TPSA) is 123 Å². The van der Waals surface area contributed by atoms with Gasteiger partial charge in [-0.25, -0.2) is 0 Å². The van der Waals surface area contributed by atoms with Crippen LogP contribution in [-0.4, -0.2) is 33.4 Å². The number of nitro groups is 1. The quantitative estimate of drug-likeness (QED) is 0.230. The Kier molecular flexibility index (Phi) is 6.97. The Hall–Kier alpha value is -3.60. The zero-order valence-electron chi connectivity index (χ0n) is 17.9. The van der Waals surface area contributed by atoms with Crippen molar-refractivity contribution < 1.29 is 23.7 Å². The molecule has 9 nitrogen and oxygen atoms in total. The molecule has 4 rings (SSSR count). The lowest BCUT2D eigenvalue weighted by Gasteiger charge is -2.13. The second-order valence-corrected chi connectivity index (χ2v) is 9.24. The van der Waals surface area contributed by atoms with E-state index in [0.29, 0.717) is 33.8 Å². The molecular weight excluding hydrogens is 517 g/mol. The van der Waals surface area contributed by atoms with Crippen LogP contribution >= 0.6 is 35.0 Å². The number of furan rings is 1. The van der Waals surface area contributed by atoms with Gasteiger partial charge in [0.05, 0.1) is 9.83 Å². The molecular formula is C23H15Cl2N3O6S. The molecule has 0 radical (unpaired) electrons. The Morgan fingerprint density at radius 2 is 1.94 bits per heavy atom. The van der Waals surface area contributed by atoms with Gasteiger partial charge in [0.15, 0.2) is 0 Å². The van der Waals surface area contributed by atoms with Crippen molar-refractivity contribution in [2.45, 2.75) is 6.92 Å². The minimum absolute atomic E-state index is 0.00577. The SMILES string of the molecule is Cc1ccc(Cl)cc1NC(=O)CN1C(=O)S/C(=C/c2ccc(-c3ccc(Cl)c([N+](=O)[O-])c3)o2)C1=O. The first kappa shape index (κ1) is 24.5. The molecule has 1 aromatic heterocycles. The van der Waals surface area contributed by atoms with E-state index in [2.05, 4.69) is 5.32 Å². The first-order valence-electron chi connectivity index (χ1n) is 9.98. The Morgan fingerprint density at radius 1 is 1.17 bits per heavy atom. The van der Waals surface area contributed by atoms with Crippen LogP contribution in [0.15, 0.2) is 57.9 Å². The molecule has 3 aromatic rings. The number of amides is 3. The Labute approximate surface area is 212 Å². The summed E-state index contributed by atoms with van der Waals surface area (Å²) < 4.78 is 5.68. The minimum atomic E-state index is -0.641. The number of thioether (sulfide) groups is 1. The van der Waals surface area contributed by atoms with Gasteiger partial charge < -0.3 is 9.73 Å². The van der Waals surface area contributed by atoms with E-state index < -0.39 is 28.5 Å². The van der Waals surface area contributed by atoms with Crippen molar-refractivity contribution in [1.82, 2.24) is 4.90 Å². The van der Waals surface area contributed by atoms with Crippen molar-refractivity contribution >= 4 is 69.5 Å². The first-order chi connectivity index (χ1) is 16.6. The summed E-state index contributed by atoms with van der Waals surface area (Å²) in [6.45, 7) is 1.32. The van der Waals surface area contributed by atoms with Crippen LogP contribution in [0.1, 0.15) is 11.3 Å². The third-order valence-electron chi connectivity index (χ3n) is 4.98. The maximum absolute atomic E-state index is 12.7. The minimum Gasteiger partial charge on any atom is -0.457 e. The zero-order valence-corrected chi connectivity index (χ0v) is 20.2. The number of nitro benzene ring substituents is 1. The van der Waals surface area contributed by atoms with Crippen LogP contribution in [0, 0.1) is 17.0 Å². The molecule has 0 bridgehead atoms. The summed E-state index contributed by atoms with van der Waals surface area (Å²) in [5, 5.41) is 13.6. The Balaban J connectivity index is 1.48. The molecule has 178 valence electrons. The van der Waals surface area contributed by atoms with E-state index in [9.17, 15) is 24.5 Å². The van der Waals surface area contributed by atoms with Gasteiger partial charge >= 0.3 is 0 Å². The molecule has 0 spiro atoms. The van der Waals surface area contributed by atoms with Crippen molar-refractivity contribution in [3.05, 3.63) is 84.9 Å². The summed E-state index contributed by atoms with van der Waals surface area (Å²) in [5.41, 5.74) is 1.41. The third kappa shape index (κ3) is 5.40. The molecule has 0 atom stereocenters. The summed E-state index contributed by atoms with van der Waals surface area (Å²) in [7, 11) is 0. The number of carbonyl (C=O) groups excluding carboxylic acids is 3. The van der Waals surface area contributed by atoms with Crippen molar-refractivity contribution in [1.29, 1.82) is 0 Å². The van der Waals surface area contributed by atoms with Crippen molar-refractivity contribution in [2.75, 3.05) is 11.9 Å². The van der Waals surface area contributed by atoms with Gasteiger partial charge in [0, 0.05) is 28.4 Å². The van der Waals surface area contributed by atoms with Crippen LogP contribution in [0.2, 0.25) is 10.0 Å². The highest BCUT2D eigenvalue weighted by molar-refractivity contribution is 8.18. The number of rotatable bonds is 6. The highest BCUT2D eigenvalue weighted by Gasteiger charge is 2.36. The highest BCUT2D eigenvalue weighted by atomic mass is 35.5. The van der Waals surface area contributed by atoms with Crippen LogP contribution in [0.3, 0.4) is 0 Å². The lowest BCUT2D eigenvalue weighted by atomic mass is 10.1. The molecule has 35 heavy (non-hydrogen) atoms. The fourth-order valence-corrected chi connectivity index (χ4v) is 4.40. The smallest absolute Gasteiger partial charge is 0.294 e. The van der Waals surface area contributed by atoms with E-state index >= 15 is 0 Å². The summed E-state index contributed by atoms with van der Waals surface area (Å²) in [4.78, 5) is 49.0. The van der Waals surface area contributed by atoms with Gasteiger partial charge in [-0.3, -0.25) is 29.4 Å². The molecule has 1 aliphatic rings. The van der Waals surface area contributed by atoms with Gasteiger partial charge in [-0.15, -0.1) is 0 Å². The lowest BCUT2D eigenvalue weighted by Crippen LogP contribution is -2.36. The number of imide groups is 1. The predicted octanol–water partition coefficient (Wildman–Crippen LogP) is 6.15. The normalized spacial score (nSPS) is 14.6. The number of halogens is 2. The number of nitrogens with one attached hydrogen (secondary N) is 1. The van der Waals surface area contributed by atoms with Crippen LogP contribution in [0.5, 0.6) is 0 Å². The fraction of sp³-hybridized carbons (Fsp3) is 0.0870. The zero-order chi connectivity index (χ0) is 25.3. The van der Waals surface area contributed by atoms with E-state index in [1.165, 1.54) is 18.2 Å². The Morgan fingerprint density at radius 3 is 2.69 bits per heavy atom. The third-order valence-corrected chi connectivity index (χ3v) is 6.44. The average Bonchev–Trinajstić information content (AvgIpc) is 3.37. The molecule has 0 unspecified atom stereocenters. The monoisotopic (exact) mass is 531 g/mol. The standard InChI is InChI=1S/C23H15Cl2N3O6S/c1-12-2-4-14(24)9-17(12)26-21(29)11-27-22(30)20(35-23(27)31)10-15-5-7-19(34-15)13-3-6-16(25)18(8-13)28(32)33/h2-10H,11H2,1H3,(H,26,29)/b20-10+. The average molecular weight is 532 g/mol. The lowest BCUT2D eigenvalue weighted by molar-refractivity contribution is -0.384. The fourth-order valence-electron chi connectivity index (χ4n) is 3.22. The number of hydrogen-bond donors (Lipinski definition) is 1. The summed E-state index contributed by atoms with van der Waals surface area (Å²) in [6, 6.07) is 12.3. The van der Waals surface area contributed by atoms with Crippen molar-refractivity contribution in [2.24, 2.45) is 0 Å². The number of carbonyl (C=O) groups is 3. The summed E-state index contributed by atoms with van der Waals surface area (Å²) >= 11 is 12.5. The predicted molar refractivity (Wildman–Crippen MR) is 133 cm³/mol. The van der Waals surface area contributed by atoms with Gasteiger partial charge in [-0.05, 0) is 60.6 Å². The molecule has 0 aliphatic carbocycles. The number of benzene rings is 2. The molecule has 1 fully saturated rings. The summed E-state index contributed by atoms with van der Waals surface area (Å²) in [5.74, 6) is -0.629. The van der Waals surface area contributed by atoms with Crippen LogP contribution in [-0.2, 0) is 9.59 Å². The molecule has 3 amide bonds. The van der Waals surface area contributed by atoms with Gasteiger partial charge in [0.25, 0.3) is 16.8 Å². The molecule has 1 N–H and O–H groups in total. The maximum atomic E-state index is 12.7. The maximum Gasteiger partial charge on any atom is 0.294 e. The molecule has 2 heterocycles. The number of hydrogen-bond acceptors (Lipinski definition) is 7. The molecule has 0 saturated carbocycles. The van der Waals surface area contributed by atoms with E-state index in [1.54, 1.807) is 43.3 Å². The Bertz CT molecular complexity index is 1420. The molecule has 1 saturated heterocycles. The molecule has 2 aromatic carbocycles. The summed E-state index contributed by atoms with van der Waals surface area (Å²) in [6.07, 6.45) is 1.37. The van der Waals surface area contributed by atoms with Gasteiger partial charge in [0.2, 0.25) is 5.91 Å². The number of anilines is 1. The molecule has 1 aliphatic heterocycles. The van der Waals surface area contributed by atoms with Crippen LogP contribution in [0.4, 0.5) is 16.2 Å². The second-order valence-electron chi connectivity index (χ2n) is 7.40. The van der Waals surface area contributed by atoms with Crippen LogP contribution in [0.25, 0.3) is 17.4 Å². The highest BCUT2D eigenvalue weighted by Crippen LogP contribution is 2.35. The molecule has 12 heteroatoms. The number of aryl methyl sites for hydroxylation is 1. The van der Waals surface area contributed by atoms with E-state index in [4.69, 9.17) is 27.6 Å². The van der Waals surface area contributed by atoms with Crippen molar-refractivity contribution in [3.8, 4) is 11.3 Å². The van der Waals surface area contributed by atoms with Gasteiger partial charge in [-0.2, -0.15) is 0 Å². The van der Waals surface area contributed by atoms with Gasteiger partial charge in [-0.1, -0.05) is 29.3 Å². The van der Waals surface area contributed by atoms with E-state index in [-0.39, 0.29) is 21.4 Å². The van der Waals surface area contributed by atoms with Gasteiger partial charge in [0.1, 0.15) is 23.1 Å². The number of nitrogens with zero attached hydrogens (tertiary/aromatic N) is 2. The van der Waals surface area contributed by atoms with E-state index in [0.717, 1.165) is 10.5 Å². The first-order valence-corrected chi connectivity index (χ1v) is 11.5. The van der Waals surface area contributed by atoms with E-state index in [1.807, 2.05) is 0 Å².